The van der Waals surface area contributed by atoms with Crippen molar-refractivity contribution in [2.24, 2.45) is 5.92 Å². The molecule has 1 aliphatic carbocycles. The fraction of sp³-hybridized carbons (Fsp3) is 0.368. The maximum atomic E-state index is 5.30. The van der Waals surface area contributed by atoms with Crippen LogP contribution >= 0.6 is 0 Å². The number of rotatable bonds is 2. The first kappa shape index (κ1) is 12.9. The van der Waals surface area contributed by atoms with Crippen molar-refractivity contribution in [2.45, 2.75) is 24.8 Å². The fourth-order valence-electron chi connectivity index (χ4n) is 4.16. The van der Waals surface area contributed by atoms with Gasteiger partial charge in [0.05, 0.1) is 7.11 Å². The second-order valence-electron chi connectivity index (χ2n) is 6.12. The van der Waals surface area contributed by atoms with Gasteiger partial charge >= 0.3 is 0 Å². The summed E-state index contributed by atoms with van der Waals surface area (Å²) < 4.78 is 5.30. The van der Waals surface area contributed by atoms with Crippen LogP contribution < -0.4 is 10.1 Å². The van der Waals surface area contributed by atoms with Gasteiger partial charge in [0.25, 0.3) is 0 Å². The van der Waals surface area contributed by atoms with Crippen LogP contribution in [0.5, 0.6) is 5.75 Å². The largest absolute Gasteiger partial charge is 0.497 e. The van der Waals surface area contributed by atoms with Crippen molar-refractivity contribution in [1.82, 2.24) is 5.32 Å². The molecule has 0 bridgehead atoms. The molecule has 21 heavy (non-hydrogen) atoms. The van der Waals surface area contributed by atoms with Crippen LogP contribution in [-0.2, 0) is 0 Å². The SMILES string of the molecule is COc1ccc([C@@H]2c3ccccc3[C@H]3NCCC[C@@H]23)cc1. The van der Waals surface area contributed by atoms with Gasteiger partial charge in [-0.2, -0.15) is 0 Å². The minimum absolute atomic E-state index is 0.518. The van der Waals surface area contributed by atoms with Crippen LogP contribution in [0.25, 0.3) is 0 Å². The number of fused-ring (bicyclic) bond motifs is 3. The van der Waals surface area contributed by atoms with Crippen LogP contribution in [0.3, 0.4) is 0 Å². The minimum atomic E-state index is 0.518. The van der Waals surface area contributed by atoms with Crippen LogP contribution in [-0.4, -0.2) is 13.7 Å². The highest BCUT2D eigenvalue weighted by Gasteiger charge is 2.41. The van der Waals surface area contributed by atoms with Crippen molar-refractivity contribution >= 4 is 0 Å². The molecule has 2 aromatic rings. The van der Waals surface area contributed by atoms with Gasteiger partial charge in [-0.05, 0) is 54.1 Å². The maximum Gasteiger partial charge on any atom is 0.118 e. The smallest absolute Gasteiger partial charge is 0.118 e. The van der Waals surface area contributed by atoms with Gasteiger partial charge in [0.15, 0.2) is 0 Å². The number of hydrogen-bond acceptors (Lipinski definition) is 2. The molecule has 2 heteroatoms. The lowest BCUT2D eigenvalue weighted by atomic mass is 9.80. The summed E-state index contributed by atoms with van der Waals surface area (Å²) in [7, 11) is 1.72. The molecule has 2 nitrogen and oxygen atoms in total. The summed E-state index contributed by atoms with van der Waals surface area (Å²) in [5.41, 5.74) is 4.43. The zero-order chi connectivity index (χ0) is 14.2. The van der Waals surface area contributed by atoms with Gasteiger partial charge < -0.3 is 10.1 Å². The lowest BCUT2D eigenvalue weighted by Gasteiger charge is -2.31. The fourth-order valence-corrected chi connectivity index (χ4v) is 4.16. The molecule has 4 rings (SSSR count). The second-order valence-corrected chi connectivity index (χ2v) is 6.12. The van der Waals surface area contributed by atoms with Gasteiger partial charge in [0, 0.05) is 12.0 Å². The molecule has 1 N–H and O–H groups in total. The molecule has 2 aromatic carbocycles. The van der Waals surface area contributed by atoms with Gasteiger partial charge in [-0.3, -0.25) is 0 Å². The zero-order valence-electron chi connectivity index (χ0n) is 12.4. The van der Waals surface area contributed by atoms with Gasteiger partial charge in [-0.25, -0.2) is 0 Å². The highest BCUT2D eigenvalue weighted by molar-refractivity contribution is 5.47. The normalized spacial score (nSPS) is 27.0. The zero-order valence-corrected chi connectivity index (χ0v) is 12.4. The Hall–Kier alpha value is -1.80. The van der Waals surface area contributed by atoms with Crippen LogP contribution in [0, 0.1) is 5.92 Å². The van der Waals surface area contributed by atoms with E-state index in [0.29, 0.717) is 17.9 Å². The third-order valence-electron chi connectivity index (χ3n) is 5.08. The molecule has 0 radical (unpaired) electrons. The van der Waals surface area contributed by atoms with Crippen molar-refractivity contribution in [3.8, 4) is 5.75 Å². The van der Waals surface area contributed by atoms with E-state index in [0.717, 1.165) is 12.3 Å². The molecule has 108 valence electrons. The molecule has 1 fully saturated rings. The molecular formula is C19H21NO. The second kappa shape index (κ2) is 5.19. The molecule has 0 aromatic heterocycles. The highest BCUT2D eigenvalue weighted by Crippen LogP contribution is 2.51. The molecule has 0 saturated carbocycles. The van der Waals surface area contributed by atoms with E-state index in [1.54, 1.807) is 7.11 Å². The van der Waals surface area contributed by atoms with E-state index in [4.69, 9.17) is 4.74 Å². The van der Waals surface area contributed by atoms with E-state index in [9.17, 15) is 0 Å². The molecule has 3 atom stereocenters. The topological polar surface area (TPSA) is 21.3 Å². The molecule has 0 amide bonds. The first-order valence-electron chi connectivity index (χ1n) is 7.84. The summed E-state index contributed by atoms with van der Waals surface area (Å²) in [6, 6.07) is 18.1. The number of hydrogen-bond donors (Lipinski definition) is 1. The summed E-state index contributed by atoms with van der Waals surface area (Å²) >= 11 is 0. The number of benzene rings is 2. The third-order valence-corrected chi connectivity index (χ3v) is 5.08. The Kier molecular flexibility index (Phi) is 3.19. The van der Waals surface area contributed by atoms with E-state index in [-0.39, 0.29) is 0 Å². The Morgan fingerprint density at radius 1 is 1.00 bits per heavy atom. The Bertz CT molecular complexity index is 634. The van der Waals surface area contributed by atoms with Crippen LogP contribution in [0.2, 0.25) is 0 Å². The monoisotopic (exact) mass is 279 g/mol. The Balaban J connectivity index is 1.78. The molecular weight excluding hydrogens is 258 g/mol. The Morgan fingerprint density at radius 3 is 2.52 bits per heavy atom. The van der Waals surface area contributed by atoms with Gasteiger partial charge in [0.2, 0.25) is 0 Å². The molecule has 0 unspecified atom stereocenters. The van der Waals surface area contributed by atoms with Gasteiger partial charge in [-0.1, -0.05) is 36.4 Å². The summed E-state index contributed by atoms with van der Waals surface area (Å²) in [5.74, 6) is 2.14. The van der Waals surface area contributed by atoms with E-state index in [1.165, 1.54) is 29.5 Å². The minimum Gasteiger partial charge on any atom is -0.497 e. The quantitative estimate of drug-likeness (QED) is 0.900. The van der Waals surface area contributed by atoms with E-state index in [2.05, 4.69) is 53.8 Å². The molecule has 1 aliphatic heterocycles. The standard InChI is InChI=1S/C19H21NO/c1-21-14-10-8-13(9-11-14)18-15-5-2-3-6-16(15)19-17(18)7-4-12-20-19/h2-3,5-6,8-11,17-20H,4,7,12H2,1H3/t17-,18+,19+/m0/s1. The molecule has 2 aliphatic rings. The number of ether oxygens (including phenoxy) is 1. The van der Waals surface area contributed by atoms with E-state index >= 15 is 0 Å². The van der Waals surface area contributed by atoms with Crippen molar-refractivity contribution < 1.29 is 4.74 Å². The predicted molar refractivity (Wildman–Crippen MR) is 84.7 cm³/mol. The lowest BCUT2D eigenvalue weighted by molar-refractivity contribution is 0.286. The van der Waals surface area contributed by atoms with E-state index in [1.807, 2.05) is 0 Å². The van der Waals surface area contributed by atoms with Gasteiger partial charge in [-0.15, -0.1) is 0 Å². The molecule has 1 heterocycles. The Morgan fingerprint density at radius 2 is 1.76 bits per heavy atom. The summed E-state index contributed by atoms with van der Waals surface area (Å²) in [6.45, 7) is 1.14. The van der Waals surface area contributed by atoms with Gasteiger partial charge in [0.1, 0.15) is 5.75 Å². The van der Waals surface area contributed by atoms with Crippen molar-refractivity contribution in [3.05, 3.63) is 65.2 Å². The average molecular weight is 279 g/mol. The summed E-state index contributed by atoms with van der Waals surface area (Å²) in [6.07, 6.45) is 2.59. The Labute approximate surface area is 126 Å². The number of methoxy groups -OCH3 is 1. The van der Waals surface area contributed by atoms with E-state index < -0.39 is 0 Å². The average Bonchev–Trinajstić information content (AvgIpc) is 2.90. The van der Waals surface area contributed by atoms with Crippen molar-refractivity contribution in [2.75, 3.05) is 13.7 Å². The predicted octanol–water partition coefficient (Wildman–Crippen LogP) is 3.88. The van der Waals surface area contributed by atoms with Crippen molar-refractivity contribution in [3.63, 3.8) is 0 Å². The van der Waals surface area contributed by atoms with Crippen molar-refractivity contribution in [1.29, 1.82) is 0 Å². The first-order chi connectivity index (χ1) is 10.4. The maximum absolute atomic E-state index is 5.30. The van der Waals surface area contributed by atoms with Crippen LogP contribution in [0.15, 0.2) is 48.5 Å². The number of piperidine rings is 1. The van der Waals surface area contributed by atoms with Crippen LogP contribution in [0.1, 0.15) is 41.5 Å². The molecule has 0 spiro atoms. The lowest BCUT2D eigenvalue weighted by Crippen LogP contribution is -2.32. The third kappa shape index (κ3) is 2.06. The highest BCUT2D eigenvalue weighted by atomic mass is 16.5. The molecule has 1 saturated heterocycles. The summed E-state index contributed by atoms with van der Waals surface area (Å²) in [4.78, 5) is 0. The first-order valence-corrected chi connectivity index (χ1v) is 7.84. The number of nitrogens with one attached hydrogen (secondary N) is 1. The van der Waals surface area contributed by atoms with Crippen LogP contribution in [0.4, 0.5) is 0 Å². The summed E-state index contributed by atoms with van der Waals surface area (Å²) in [5, 5.41) is 3.73.